The van der Waals surface area contributed by atoms with Gasteiger partial charge in [-0.2, -0.15) is 0 Å². The maximum atomic E-state index is 5.99. The van der Waals surface area contributed by atoms with Gasteiger partial charge in [0.05, 0.1) is 0 Å². The average molecular weight is 242 g/mol. The Kier molecular flexibility index (Phi) is 5.53. The van der Waals surface area contributed by atoms with Crippen molar-refractivity contribution in [2.45, 2.75) is 46.5 Å². The van der Waals surface area contributed by atoms with Crippen molar-refractivity contribution in [1.29, 1.82) is 0 Å². The largest absolute Gasteiger partial charge is 0.370 e. The molecule has 0 aliphatic heterocycles. The third kappa shape index (κ3) is 3.97. The summed E-state index contributed by atoms with van der Waals surface area (Å²) >= 11 is 5.99. The molecule has 0 saturated carbocycles. The fourth-order valence-corrected chi connectivity index (χ4v) is 1.74. The van der Waals surface area contributed by atoms with Gasteiger partial charge in [0.2, 0.25) is 0 Å². The molecule has 1 N–H and O–H groups in total. The van der Waals surface area contributed by atoms with Gasteiger partial charge < -0.3 is 5.32 Å². The van der Waals surface area contributed by atoms with Crippen LogP contribution < -0.4 is 5.32 Å². The minimum Gasteiger partial charge on any atom is -0.370 e. The van der Waals surface area contributed by atoms with Crippen molar-refractivity contribution in [2.24, 2.45) is 0 Å². The smallest absolute Gasteiger partial charge is 0.137 e. The lowest BCUT2D eigenvalue weighted by Gasteiger charge is -2.09. The number of halogens is 1. The number of aryl methyl sites for hydroxylation is 1. The highest BCUT2D eigenvalue weighted by Gasteiger charge is 2.06. The van der Waals surface area contributed by atoms with Crippen LogP contribution in [-0.2, 0) is 0 Å². The summed E-state index contributed by atoms with van der Waals surface area (Å²) in [6, 6.07) is 0. The summed E-state index contributed by atoms with van der Waals surface area (Å²) in [7, 11) is 0. The Morgan fingerprint density at radius 2 is 1.88 bits per heavy atom. The molecule has 0 aliphatic carbocycles. The molecular weight excluding hydrogens is 222 g/mol. The van der Waals surface area contributed by atoms with E-state index >= 15 is 0 Å². The van der Waals surface area contributed by atoms with Crippen LogP contribution in [0.15, 0.2) is 0 Å². The number of aromatic nitrogens is 2. The van der Waals surface area contributed by atoms with Gasteiger partial charge in [-0.1, -0.05) is 37.8 Å². The Bertz CT molecular complexity index is 339. The van der Waals surface area contributed by atoms with Crippen LogP contribution >= 0.6 is 11.6 Å². The lowest BCUT2D eigenvalue weighted by Crippen LogP contribution is -2.07. The normalized spacial score (nSPS) is 10.5. The lowest BCUT2D eigenvalue weighted by atomic mass is 10.2. The van der Waals surface area contributed by atoms with Crippen molar-refractivity contribution in [3.8, 4) is 0 Å². The summed E-state index contributed by atoms with van der Waals surface area (Å²) in [6.45, 7) is 6.96. The molecule has 1 aromatic rings. The van der Waals surface area contributed by atoms with Crippen molar-refractivity contribution < 1.29 is 0 Å². The van der Waals surface area contributed by atoms with Crippen LogP contribution in [0.3, 0.4) is 0 Å². The van der Waals surface area contributed by atoms with E-state index in [9.17, 15) is 0 Å². The second kappa shape index (κ2) is 6.69. The van der Waals surface area contributed by atoms with Crippen LogP contribution in [0.25, 0.3) is 0 Å². The number of unbranched alkanes of at least 4 members (excludes halogenated alkanes) is 3. The molecule has 1 heterocycles. The monoisotopic (exact) mass is 241 g/mol. The molecule has 4 heteroatoms. The summed E-state index contributed by atoms with van der Waals surface area (Å²) in [5.41, 5.74) is 0.933. The molecule has 3 nitrogen and oxygen atoms in total. The second-order valence-electron chi connectivity index (χ2n) is 4.02. The molecule has 0 aromatic carbocycles. The fraction of sp³-hybridized carbons (Fsp3) is 0.667. The van der Waals surface area contributed by atoms with Crippen LogP contribution in [0, 0.1) is 13.8 Å². The van der Waals surface area contributed by atoms with Crippen LogP contribution in [0.1, 0.15) is 44.0 Å². The first-order valence-corrected chi connectivity index (χ1v) is 6.27. The van der Waals surface area contributed by atoms with E-state index in [4.69, 9.17) is 11.6 Å². The van der Waals surface area contributed by atoms with Gasteiger partial charge >= 0.3 is 0 Å². The van der Waals surface area contributed by atoms with Crippen LogP contribution in [0.4, 0.5) is 5.82 Å². The van der Waals surface area contributed by atoms with Gasteiger partial charge in [-0.3, -0.25) is 0 Å². The van der Waals surface area contributed by atoms with E-state index in [1.807, 2.05) is 13.8 Å². The maximum Gasteiger partial charge on any atom is 0.137 e. The molecule has 1 aromatic heterocycles. The zero-order valence-electron chi connectivity index (χ0n) is 10.3. The average Bonchev–Trinajstić information content (AvgIpc) is 2.24. The quantitative estimate of drug-likeness (QED) is 0.609. The summed E-state index contributed by atoms with van der Waals surface area (Å²) in [6.07, 6.45) is 5.00. The second-order valence-corrected chi connectivity index (χ2v) is 4.38. The van der Waals surface area contributed by atoms with E-state index in [0.717, 1.165) is 17.9 Å². The summed E-state index contributed by atoms with van der Waals surface area (Å²) in [5.74, 6) is 1.58. The number of rotatable bonds is 6. The fourth-order valence-electron chi connectivity index (χ4n) is 1.52. The zero-order valence-corrected chi connectivity index (χ0v) is 11.1. The molecular formula is C12H20ClN3. The SMILES string of the molecule is CCCCCCNc1nc(C)nc(Cl)c1C. The van der Waals surface area contributed by atoms with Gasteiger partial charge in [-0.05, 0) is 20.3 Å². The van der Waals surface area contributed by atoms with Crippen molar-refractivity contribution in [3.63, 3.8) is 0 Å². The highest BCUT2D eigenvalue weighted by Crippen LogP contribution is 2.19. The lowest BCUT2D eigenvalue weighted by molar-refractivity contribution is 0.684. The number of anilines is 1. The van der Waals surface area contributed by atoms with E-state index in [1.165, 1.54) is 25.7 Å². The van der Waals surface area contributed by atoms with E-state index in [2.05, 4.69) is 22.2 Å². The van der Waals surface area contributed by atoms with Gasteiger partial charge in [0.1, 0.15) is 16.8 Å². The highest BCUT2D eigenvalue weighted by molar-refractivity contribution is 6.30. The molecule has 0 saturated heterocycles. The van der Waals surface area contributed by atoms with Crippen LogP contribution in [-0.4, -0.2) is 16.5 Å². The molecule has 90 valence electrons. The standard InChI is InChI=1S/C12H20ClN3/c1-4-5-6-7-8-14-12-9(2)11(13)15-10(3)16-12/h4-8H2,1-3H3,(H,14,15,16). The Hall–Kier alpha value is -0.830. The molecule has 0 fully saturated rings. The highest BCUT2D eigenvalue weighted by atomic mass is 35.5. The van der Waals surface area contributed by atoms with E-state index in [-0.39, 0.29) is 0 Å². The van der Waals surface area contributed by atoms with Crippen molar-refractivity contribution >= 4 is 17.4 Å². The third-order valence-corrected chi connectivity index (χ3v) is 2.89. The Balaban J connectivity index is 2.47. The van der Waals surface area contributed by atoms with Gasteiger partial charge in [-0.15, -0.1) is 0 Å². The molecule has 0 spiro atoms. The summed E-state index contributed by atoms with van der Waals surface area (Å²) < 4.78 is 0. The molecule has 0 bridgehead atoms. The van der Waals surface area contributed by atoms with Gasteiger partial charge in [0.25, 0.3) is 0 Å². The molecule has 0 unspecified atom stereocenters. The number of nitrogens with one attached hydrogen (secondary N) is 1. The van der Waals surface area contributed by atoms with Crippen molar-refractivity contribution in [2.75, 3.05) is 11.9 Å². The summed E-state index contributed by atoms with van der Waals surface area (Å²) in [4.78, 5) is 8.45. The molecule has 0 atom stereocenters. The van der Waals surface area contributed by atoms with Crippen molar-refractivity contribution in [1.82, 2.24) is 9.97 Å². The first-order valence-electron chi connectivity index (χ1n) is 5.89. The first-order chi connectivity index (χ1) is 7.65. The number of nitrogens with zero attached hydrogens (tertiary/aromatic N) is 2. The zero-order chi connectivity index (χ0) is 12.0. The third-order valence-electron chi connectivity index (χ3n) is 2.52. The topological polar surface area (TPSA) is 37.8 Å². The van der Waals surface area contributed by atoms with E-state index < -0.39 is 0 Å². The van der Waals surface area contributed by atoms with Gasteiger partial charge in [0.15, 0.2) is 0 Å². The Morgan fingerprint density at radius 3 is 2.56 bits per heavy atom. The number of hydrogen-bond acceptors (Lipinski definition) is 3. The Labute approximate surface area is 103 Å². The minimum atomic E-state index is 0.545. The van der Waals surface area contributed by atoms with E-state index in [0.29, 0.717) is 11.0 Å². The molecule has 0 radical (unpaired) electrons. The Morgan fingerprint density at radius 1 is 1.12 bits per heavy atom. The molecule has 0 amide bonds. The van der Waals surface area contributed by atoms with Gasteiger partial charge in [-0.25, -0.2) is 9.97 Å². The molecule has 1 rings (SSSR count). The first kappa shape index (κ1) is 13.2. The van der Waals surface area contributed by atoms with Crippen LogP contribution in [0.5, 0.6) is 0 Å². The van der Waals surface area contributed by atoms with Gasteiger partial charge in [0, 0.05) is 12.1 Å². The predicted octanol–water partition coefficient (Wildman–Crippen LogP) is 3.74. The maximum absolute atomic E-state index is 5.99. The van der Waals surface area contributed by atoms with Crippen molar-refractivity contribution in [3.05, 3.63) is 16.5 Å². The minimum absolute atomic E-state index is 0.545. The summed E-state index contributed by atoms with van der Waals surface area (Å²) in [5, 5.41) is 3.86. The predicted molar refractivity (Wildman–Crippen MR) is 69.1 cm³/mol. The molecule has 16 heavy (non-hydrogen) atoms. The van der Waals surface area contributed by atoms with Crippen LogP contribution in [0.2, 0.25) is 5.15 Å². The number of hydrogen-bond donors (Lipinski definition) is 1. The molecule has 0 aliphatic rings. The van der Waals surface area contributed by atoms with E-state index in [1.54, 1.807) is 0 Å².